The van der Waals surface area contributed by atoms with Crippen LogP contribution in [0.2, 0.25) is 0 Å². The van der Waals surface area contributed by atoms with Crippen molar-refractivity contribution in [3.05, 3.63) is 60.7 Å². The summed E-state index contributed by atoms with van der Waals surface area (Å²) < 4.78 is 5.65. The number of anilines is 4. The van der Waals surface area contributed by atoms with E-state index in [9.17, 15) is 4.79 Å². The van der Waals surface area contributed by atoms with Gasteiger partial charge in [0.1, 0.15) is 17.8 Å². The number of unbranched alkanes of at least 4 members (excludes halogenated alkanes) is 1. The van der Waals surface area contributed by atoms with Crippen molar-refractivity contribution in [3.63, 3.8) is 0 Å². The van der Waals surface area contributed by atoms with Gasteiger partial charge < -0.3 is 15.8 Å². The van der Waals surface area contributed by atoms with Crippen molar-refractivity contribution in [2.24, 2.45) is 0 Å². The van der Waals surface area contributed by atoms with Gasteiger partial charge in [-0.25, -0.2) is 9.97 Å². The number of nitrogens with two attached hydrogens (primary N) is 1. The van der Waals surface area contributed by atoms with E-state index in [0.717, 1.165) is 24.3 Å². The Labute approximate surface area is 168 Å². The number of hydrazine groups is 1. The van der Waals surface area contributed by atoms with E-state index in [2.05, 4.69) is 38.0 Å². The molecule has 3 rings (SSSR count). The van der Waals surface area contributed by atoms with Crippen LogP contribution >= 0.6 is 0 Å². The van der Waals surface area contributed by atoms with Gasteiger partial charge in [0.05, 0.1) is 6.61 Å². The third kappa shape index (κ3) is 5.55. The lowest BCUT2D eigenvalue weighted by Gasteiger charge is -2.13. The van der Waals surface area contributed by atoms with E-state index in [0.29, 0.717) is 18.0 Å². The lowest BCUT2D eigenvalue weighted by Crippen LogP contribution is -2.30. The Hall–Kier alpha value is -3.88. The SMILES string of the molecule is CCCCOc1ccc(Nc2ncnc(NNC(=O)c3ccncc3)c2N)cc1. The number of ether oxygens (including phenoxy) is 1. The zero-order chi connectivity index (χ0) is 20.5. The van der Waals surface area contributed by atoms with E-state index in [1.165, 1.54) is 18.7 Å². The Morgan fingerprint density at radius 3 is 2.52 bits per heavy atom. The Morgan fingerprint density at radius 2 is 1.79 bits per heavy atom. The third-order valence-corrected chi connectivity index (χ3v) is 4.00. The van der Waals surface area contributed by atoms with E-state index in [4.69, 9.17) is 10.5 Å². The molecule has 3 aromatic rings. The Kier molecular flexibility index (Phi) is 6.77. The predicted molar refractivity (Wildman–Crippen MR) is 112 cm³/mol. The highest BCUT2D eigenvalue weighted by atomic mass is 16.5. The molecular weight excluding hydrogens is 370 g/mol. The maximum Gasteiger partial charge on any atom is 0.269 e. The van der Waals surface area contributed by atoms with E-state index in [1.807, 2.05) is 24.3 Å². The number of pyridine rings is 1. The van der Waals surface area contributed by atoms with Crippen LogP contribution in [0.25, 0.3) is 0 Å². The Morgan fingerprint density at radius 1 is 1.07 bits per heavy atom. The van der Waals surface area contributed by atoms with E-state index < -0.39 is 0 Å². The molecule has 5 N–H and O–H groups in total. The van der Waals surface area contributed by atoms with Crippen LogP contribution < -0.4 is 26.6 Å². The topological polar surface area (TPSA) is 127 Å². The molecule has 0 unspecified atom stereocenters. The number of amides is 1. The number of hydrogen-bond donors (Lipinski definition) is 4. The molecule has 0 aliphatic carbocycles. The molecular formula is C20H23N7O2. The zero-order valence-corrected chi connectivity index (χ0v) is 16.1. The number of carbonyl (C=O) groups is 1. The van der Waals surface area contributed by atoms with E-state index in [-0.39, 0.29) is 17.4 Å². The van der Waals surface area contributed by atoms with E-state index >= 15 is 0 Å². The molecule has 1 amide bonds. The maximum absolute atomic E-state index is 12.1. The first kappa shape index (κ1) is 19.9. The largest absolute Gasteiger partial charge is 0.494 e. The van der Waals surface area contributed by atoms with Crippen molar-refractivity contribution in [3.8, 4) is 5.75 Å². The highest BCUT2D eigenvalue weighted by molar-refractivity contribution is 5.95. The maximum atomic E-state index is 12.1. The highest BCUT2D eigenvalue weighted by Crippen LogP contribution is 2.26. The predicted octanol–water partition coefficient (Wildman–Crippen LogP) is 3.13. The zero-order valence-electron chi connectivity index (χ0n) is 16.1. The van der Waals surface area contributed by atoms with Gasteiger partial charge in [0.2, 0.25) is 0 Å². The van der Waals surface area contributed by atoms with Crippen LogP contribution in [0.1, 0.15) is 30.1 Å². The van der Waals surface area contributed by atoms with Gasteiger partial charge >= 0.3 is 0 Å². The average molecular weight is 393 g/mol. The molecule has 0 aliphatic rings. The molecule has 2 aromatic heterocycles. The molecule has 0 saturated heterocycles. The molecule has 0 bridgehead atoms. The number of nitrogens with one attached hydrogen (secondary N) is 3. The summed E-state index contributed by atoms with van der Waals surface area (Å²) in [5.41, 5.74) is 12.9. The van der Waals surface area contributed by atoms with Crippen molar-refractivity contribution in [1.82, 2.24) is 20.4 Å². The molecule has 0 aliphatic heterocycles. The summed E-state index contributed by atoms with van der Waals surface area (Å²) in [5, 5.41) is 3.13. The minimum atomic E-state index is -0.335. The van der Waals surface area contributed by atoms with Crippen molar-refractivity contribution in [2.75, 3.05) is 23.1 Å². The van der Waals surface area contributed by atoms with Crippen LogP contribution in [0.15, 0.2) is 55.1 Å². The van der Waals surface area contributed by atoms with Crippen molar-refractivity contribution in [1.29, 1.82) is 0 Å². The van der Waals surface area contributed by atoms with E-state index in [1.54, 1.807) is 12.1 Å². The standard InChI is InChI=1S/C20H23N7O2/c1-2-3-12-29-16-6-4-15(5-7-16)25-18-17(21)19(24-13-23-18)26-27-20(28)14-8-10-22-11-9-14/h4-11,13H,2-3,12,21H2,1H3,(H,27,28)(H2,23,24,25,26). The van der Waals surface area contributed by atoms with Crippen molar-refractivity contribution < 1.29 is 9.53 Å². The van der Waals surface area contributed by atoms with Crippen LogP contribution in [-0.4, -0.2) is 27.5 Å². The summed E-state index contributed by atoms with van der Waals surface area (Å²) in [6, 6.07) is 10.7. The molecule has 0 radical (unpaired) electrons. The second-order valence-corrected chi connectivity index (χ2v) is 6.15. The first-order valence-electron chi connectivity index (χ1n) is 9.24. The van der Waals surface area contributed by atoms with Crippen LogP contribution in [0.3, 0.4) is 0 Å². The Bertz CT molecular complexity index is 933. The Balaban J connectivity index is 1.62. The highest BCUT2D eigenvalue weighted by Gasteiger charge is 2.10. The number of benzene rings is 1. The van der Waals surface area contributed by atoms with Gasteiger partial charge in [0.25, 0.3) is 5.91 Å². The summed E-state index contributed by atoms with van der Waals surface area (Å²) >= 11 is 0. The number of nitrogens with zero attached hydrogens (tertiary/aromatic N) is 3. The fourth-order valence-corrected chi connectivity index (χ4v) is 2.39. The molecule has 0 atom stereocenters. The van der Waals surface area contributed by atoms with Crippen LogP contribution in [-0.2, 0) is 0 Å². The molecule has 29 heavy (non-hydrogen) atoms. The second kappa shape index (κ2) is 9.88. The number of hydrogen-bond acceptors (Lipinski definition) is 8. The number of nitrogen functional groups attached to an aromatic ring is 1. The fraction of sp³-hybridized carbons (Fsp3) is 0.200. The van der Waals surface area contributed by atoms with Crippen molar-refractivity contribution in [2.45, 2.75) is 19.8 Å². The lowest BCUT2D eigenvalue weighted by molar-refractivity contribution is 0.0962. The summed E-state index contributed by atoms with van der Waals surface area (Å²) in [4.78, 5) is 24.2. The molecule has 0 fully saturated rings. The monoisotopic (exact) mass is 393 g/mol. The number of rotatable bonds is 9. The quantitative estimate of drug-likeness (QED) is 0.322. The normalized spacial score (nSPS) is 10.2. The summed E-state index contributed by atoms with van der Waals surface area (Å²) in [6.45, 7) is 2.82. The van der Waals surface area contributed by atoms with Gasteiger partial charge in [0, 0.05) is 23.6 Å². The smallest absolute Gasteiger partial charge is 0.269 e. The van der Waals surface area contributed by atoms with Crippen LogP contribution in [0, 0.1) is 0 Å². The second-order valence-electron chi connectivity index (χ2n) is 6.15. The van der Waals surface area contributed by atoms with Gasteiger partial charge in [0.15, 0.2) is 11.6 Å². The molecule has 0 saturated carbocycles. The summed E-state index contributed by atoms with van der Waals surface area (Å²) in [7, 11) is 0. The molecule has 0 spiro atoms. The molecule has 2 heterocycles. The van der Waals surface area contributed by atoms with Gasteiger partial charge in [-0.15, -0.1) is 0 Å². The minimum absolute atomic E-state index is 0.269. The van der Waals surface area contributed by atoms with Crippen molar-refractivity contribution >= 4 is 28.9 Å². The van der Waals surface area contributed by atoms with Crippen LogP contribution in [0.5, 0.6) is 5.75 Å². The summed E-state index contributed by atoms with van der Waals surface area (Å²) in [5.74, 6) is 1.17. The first-order valence-corrected chi connectivity index (χ1v) is 9.24. The average Bonchev–Trinajstić information content (AvgIpc) is 2.76. The molecule has 150 valence electrons. The van der Waals surface area contributed by atoms with Gasteiger partial charge in [-0.05, 0) is 42.8 Å². The summed E-state index contributed by atoms with van der Waals surface area (Å²) in [6.07, 6.45) is 6.53. The molecule has 9 heteroatoms. The molecule has 9 nitrogen and oxygen atoms in total. The first-order chi connectivity index (χ1) is 14.2. The fourth-order valence-electron chi connectivity index (χ4n) is 2.39. The third-order valence-electron chi connectivity index (χ3n) is 4.00. The van der Waals surface area contributed by atoms with Gasteiger partial charge in [-0.3, -0.25) is 20.6 Å². The van der Waals surface area contributed by atoms with Crippen LogP contribution in [0.4, 0.5) is 23.0 Å². The number of aromatic nitrogens is 3. The minimum Gasteiger partial charge on any atom is -0.494 e. The van der Waals surface area contributed by atoms with Gasteiger partial charge in [-0.1, -0.05) is 13.3 Å². The lowest BCUT2D eigenvalue weighted by atomic mass is 10.2. The van der Waals surface area contributed by atoms with Gasteiger partial charge in [-0.2, -0.15) is 0 Å². The number of carbonyl (C=O) groups excluding carboxylic acids is 1. The molecule has 1 aromatic carbocycles.